The van der Waals surface area contributed by atoms with Crippen molar-refractivity contribution in [1.82, 2.24) is 5.32 Å². The van der Waals surface area contributed by atoms with Gasteiger partial charge in [-0.2, -0.15) is 0 Å². The van der Waals surface area contributed by atoms with Gasteiger partial charge in [-0.1, -0.05) is 46.8 Å². The third kappa shape index (κ3) is 6.32. The molecule has 0 heterocycles. The summed E-state index contributed by atoms with van der Waals surface area (Å²) in [6, 6.07) is 9.69. The van der Waals surface area contributed by atoms with Gasteiger partial charge < -0.3 is 5.32 Å². The Hall–Kier alpha value is -0.470. The highest BCUT2D eigenvalue weighted by molar-refractivity contribution is 7.99. The van der Waals surface area contributed by atoms with Gasteiger partial charge in [-0.15, -0.1) is 11.8 Å². The lowest BCUT2D eigenvalue weighted by Gasteiger charge is -2.20. The van der Waals surface area contributed by atoms with Crippen molar-refractivity contribution in [3.05, 3.63) is 29.8 Å². The molecule has 0 bridgehead atoms. The van der Waals surface area contributed by atoms with Gasteiger partial charge in [-0.3, -0.25) is 0 Å². The monoisotopic (exact) mass is 293 g/mol. The molecule has 2 atom stereocenters. The van der Waals surface area contributed by atoms with Gasteiger partial charge in [0.1, 0.15) is 0 Å². The van der Waals surface area contributed by atoms with E-state index in [1.54, 1.807) is 0 Å². The van der Waals surface area contributed by atoms with Gasteiger partial charge in [0.15, 0.2) is 0 Å². The maximum atomic E-state index is 3.56. The lowest BCUT2D eigenvalue weighted by atomic mass is 9.87. The van der Waals surface area contributed by atoms with Gasteiger partial charge in [-0.05, 0) is 49.4 Å². The summed E-state index contributed by atoms with van der Waals surface area (Å²) in [7, 11) is 0. The molecule has 1 nitrogen and oxygen atoms in total. The first-order valence-corrected chi connectivity index (χ1v) is 8.71. The number of thioether (sulfide) groups is 1. The van der Waals surface area contributed by atoms with Crippen LogP contribution in [0.2, 0.25) is 0 Å². The lowest BCUT2D eigenvalue weighted by Crippen LogP contribution is -2.29. The molecule has 2 unspecified atom stereocenters. The fourth-order valence-electron chi connectivity index (χ4n) is 2.29. The second-order valence-electron chi connectivity index (χ2n) is 6.79. The summed E-state index contributed by atoms with van der Waals surface area (Å²) in [5.41, 5.74) is 1.65. The maximum Gasteiger partial charge on any atom is 0.00807 e. The Balaban J connectivity index is 2.48. The fourth-order valence-corrected chi connectivity index (χ4v) is 3.43. The van der Waals surface area contributed by atoms with E-state index < -0.39 is 0 Å². The summed E-state index contributed by atoms with van der Waals surface area (Å²) in [6.07, 6.45) is 2.42. The lowest BCUT2D eigenvalue weighted by molar-refractivity contribution is 0.513. The average molecular weight is 294 g/mol. The van der Waals surface area contributed by atoms with Crippen LogP contribution >= 0.6 is 11.8 Å². The van der Waals surface area contributed by atoms with Crippen LogP contribution in [0.15, 0.2) is 29.2 Å². The smallest absolute Gasteiger partial charge is 0.00807 e. The van der Waals surface area contributed by atoms with Gasteiger partial charge in [0.05, 0.1) is 0 Å². The number of hydrogen-bond acceptors (Lipinski definition) is 2. The van der Waals surface area contributed by atoms with Crippen LogP contribution in [0.25, 0.3) is 0 Å². The third-order valence-corrected chi connectivity index (χ3v) is 4.63. The van der Waals surface area contributed by atoms with Gasteiger partial charge in [0.2, 0.25) is 0 Å². The van der Waals surface area contributed by atoms with E-state index >= 15 is 0 Å². The third-order valence-electron chi connectivity index (χ3n) is 3.49. The molecule has 20 heavy (non-hydrogen) atoms. The summed E-state index contributed by atoms with van der Waals surface area (Å²) in [5.74, 6) is 0. The average Bonchev–Trinajstić information content (AvgIpc) is 2.35. The Morgan fingerprint density at radius 2 is 1.70 bits per heavy atom. The van der Waals surface area contributed by atoms with E-state index in [4.69, 9.17) is 0 Å². The molecule has 114 valence electrons. The van der Waals surface area contributed by atoms with E-state index in [1.807, 2.05) is 11.8 Å². The number of nitrogens with one attached hydrogen (secondary N) is 1. The molecule has 0 amide bonds. The first-order chi connectivity index (χ1) is 9.32. The highest BCUT2D eigenvalue weighted by atomic mass is 32.2. The van der Waals surface area contributed by atoms with Crippen LogP contribution in [-0.2, 0) is 5.41 Å². The number of benzene rings is 1. The molecule has 0 saturated carbocycles. The molecule has 1 aromatic rings. The van der Waals surface area contributed by atoms with Crippen molar-refractivity contribution in [2.45, 2.75) is 76.0 Å². The van der Waals surface area contributed by atoms with E-state index in [0.29, 0.717) is 11.3 Å². The Morgan fingerprint density at radius 3 is 2.20 bits per heavy atom. The molecule has 0 aliphatic carbocycles. The first kappa shape index (κ1) is 17.6. The minimum absolute atomic E-state index is 0.243. The zero-order valence-electron chi connectivity index (χ0n) is 14.0. The molecule has 0 aromatic heterocycles. The van der Waals surface area contributed by atoms with E-state index in [2.05, 4.69) is 71.1 Å². The fraction of sp³-hybridized carbons (Fsp3) is 0.667. The SMILES string of the molecule is CCCNC(C)CC(C)Sc1ccc(C(C)(C)C)cc1. The number of rotatable bonds is 7. The second-order valence-corrected chi connectivity index (χ2v) is 8.31. The van der Waals surface area contributed by atoms with Crippen molar-refractivity contribution >= 4 is 11.8 Å². The van der Waals surface area contributed by atoms with Crippen LogP contribution in [-0.4, -0.2) is 17.8 Å². The van der Waals surface area contributed by atoms with Gasteiger partial charge >= 0.3 is 0 Å². The molecule has 0 radical (unpaired) electrons. The molecule has 1 aromatic carbocycles. The Morgan fingerprint density at radius 1 is 1.10 bits per heavy atom. The van der Waals surface area contributed by atoms with E-state index in [9.17, 15) is 0 Å². The van der Waals surface area contributed by atoms with Crippen molar-refractivity contribution in [3.8, 4) is 0 Å². The first-order valence-electron chi connectivity index (χ1n) is 7.83. The van der Waals surface area contributed by atoms with Crippen LogP contribution in [0.4, 0.5) is 0 Å². The van der Waals surface area contributed by atoms with E-state index in [-0.39, 0.29) is 5.41 Å². The number of hydrogen-bond donors (Lipinski definition) is 1. The Bertz CT molecular complexity index is 377. The molecule has 1 rings (SSSR count). The van der Waals surface area contributed by atoms with Crippen molar-refractivity contribution in [1.29, 1.82) is 0 Å². The van der Waals surface area contributed by atoms with Crippen LogP contribution in [0.5, 0.6) is 0 Å². The molecule has 0 aliphatic rings. The van der Waals surface area contributed by atoms with Crippen molar-refractivity contribution in [3.63, 3.8) is 0 Å². The highest BCUT2D eigenvalue weighted by Gasteiger charge is 2.14. The predicted molar refractivity (Wildman–Crippen MR) is 92.8 cm³/mol. The molecule has 0 saturated heterocycles. The molecule has 0 spiro atoms. The zero-order valence-corrected chi connectivity index (χ0v) is 14.8. The van der Waals surface area contributed by atoms with Crippen molar-refractivity contribution in [2.75, 3.05) is 6.54 Å². The molecule has 1 N–H and O–H groups in total. The standard InChI is InChI=1S/C18H31NS/c1-7-12-19-14(2)13-15(3)20-17-10-8-16(9-11-17)18(4,5)6/h8-11,14-15,19H,7,12-13H2,1-6H3. The normalized spacial score (nSPS) is 15.1. The van der Waals surface area contributed by atoms with Crippen LogP contribution in [0, 0.1) is 0 Å². The quantitative estimate of drug-likeness (QED) is 0.690. The highest BCUT2D eigenvalue weighted by Crippen LogP contribution is 2.29. The molecule has 0 fully saturated rings. The van der Waals surface area contributed by atoms with Gasteiger partial charge in [0, 0.05) is 16.2 Å². The summed E-state index contributed by atoms with van der Waals surface area (Å²) in [4.78, 5) is 1.38. The van der Waals surface area contributed by atoms with Crippen molar-refractivity contribution in [2.24, 2.45) is 0 Å². The second kappa shape index (κ2) is 8.09. The van der Waals surface area contributed by atoms with Gasteiger partial charge in [0.25, 0.3) is 0 Å². The summed E-state index contributed by atoms with van der Waals surface area (Å²) in [5, 5.41) is 4.21. The van der Waals surface area contributed by atoms with Gasteiger partial charge in [-0.25, -0.2) is 0 Å². The zero-order chi connectivity index (χ0) is 15.2. The Kier molecular flexibility index (Phi) is 7.11. The summed E-state index contributed by atoms with van der Waals surface area (Å²) >= 11 is 1.98. The van der Waals surface area contributed by atoms with E-state index in [0.717, 1.165) is 6.54 Å². The largest absolute Gasteiger partial charge is 0.314 e. The molecular formula is C18H31NS. The molecule has 0 aliphatic heterocycles. The predicted octanol–water partition coefficient (Wildman–Crippen LogP) is 5.24. The molecule has 2 heteroatoms. The van der Waals surface area contributed by atoms with Crippen LogP contribution in [0.1, 0.15) is 59.9 Å². The minimum Gasteiger partial charge on any atom is -0.314 e. The van der Waals surface area contributed by atoms with Crippen LogP contribution < -0.4 is 5.32 Å². The van der Waals surface area contributed by atoms with E-state index in [1.165, 1.54) is 23.3 Å². The maximum absolute atomic E-state index is 3.56. The Labute approximate surface area is 129 Å². The summed E-state index contributed by atoms with van der Waals surface area (Å²) in [6.45, 7) is 14.7. The topological polar surface area (TPSA) is 12.0 Å². The minimum atomic E-state index is 0.243. The van der Waals surface area contributed by atoms with Crippen LogP contribution in [0.3, 0.4) is 0 Å². The molecular weight excluding hydrogens is 262 g/mol. The summed E-state index contributed by atoms with van der Waals surface area (Å²) < 4.78 is 0. The van der Waals surface area contributed by atoms with Crippen molar-refractivity contribution < 1.29 is 0 Å².